The predicted molar refractivity (Wildman–Crippen MR) is 65.2 cm³/mol. The molecule has 0 saturated carbocycles. The first-order chi connectivity index (χ1) is 8.56. The molecule has 0 aliphatic carbocycles. The number of hydrogen-bond acceptors (Lipinski definition) is 5. The maximum absolute atomic E-state index is 11.7. The van der Waals surface area contributed by atoms with Crippen LogP contribution in [0.25, 0.3) is 0 Å². The number of aromatic carboxylic acids is 1. The molecule has 0 unspecified atom stereocenters. The summed E-state index contributed by atoms with van der Waals surface area (Å²) in [5.74, 6) is -1.35. The van der Waals surface area contributed by atoms with E-state index in [1.165, 1.54) is 6.07 Å². The predicted octanol–water partition coefficient (Wildman–Crippen LogP) is 2.37. The van der Waals surface area contributed by atoms with Crippen molar-refractivity contribution in [3.8, 4) is 5.75 Å². The largest absolute Gasteiger partial charge is 0.476 e. The summed E-state index contributed by atoms with van der Waals surface area (Å²) in [6.45, 7) is 1.88. The molecular weight excluding hydrogens is 254 g/mol. The average Bonchev–Trinajstić information content (AvgIpc) is 2.78. The third kappa shape index (κ3) is 2.72. The zero-order chi connectivity index (χ0) is 13.1. The van der Waals surface area contributed by atoms with Crippen LogP contribution >= 0.6 is 11.5 Å². The summed E-state index contributed by atoms with van der Waals surface area (Å²) in [6.07, 6.45) is 0. The maximum Gasteiger partial charge on any atom is 0.355 e. The molecule has 1 aromatic heterocycles. The number of benzene rings is 1. The Morgan fingerprint density at radius 3 is 2.72 bits per heavy atom. The molecule has 0 atom stereocenters. The summed E-state index contributed by atoms with van der Waals surface area (Å²) in [5, 5.41) is 8.70. The number of aromatic nitrogens is 1. The van der Waals surface area contributed by atoms with E-state index >= 15 is 0 Å². The van der Waals surface area contributed by atoms with Crippen molar-refractivity contribution in [1.82, 2.24) is 4.37 Å². The summed E-state index contributed by atoms with van der Waals surface area (Å²) in [5.41, 5.74) is 0.812. The fourth-order valence-corrected chi connectivity index (χ4v) is 1.92. The van der Waals surface area contributed by atoms with Crippen molar-refractivity contribution < 1.29 is 19.4 Å². The Balaban J connectivity index is 2.14. The minimum absolute atomic E-state index is 0.156. The Morgan fingerprint density at radius 1 is 1.33 bits per heavy atom. The standard InChI is InChI=1S/C12H9NO4S/c1-7-3-2-4-8(5-7)17-12(16)10-6-9(11(14)15)13-18-10/h2-6H,1H3,(H,14,15). The summed E-state index contributed by atoms with van der Waals surface area (Å²) in [4.78, 5) is 22.5. The van der Waals surface area contributed by atoms with E-state index in [2.05, 4.69) is 4.37 Å². The lowest BCUT2D eigenvalue weighted by Crippen LogP contribution is -2.06. The number of nitrogens with zero attached hydrogens (tertiary/aromatic N) is 1. The first-order valence-corrected chi connectivity index (χ1v) is 5.82. The fourth-order valence-electron chi connectivity index (χ4n) is 1.31. The van der Waals surface area contributed by atoms with E-state index in [4.69, 9.17) is 9.84 Å². The third-order valence-electron chi connectivity index (χ3n) is 2.13. The molecular formula is C12H9NO4S. The lowest BCUT2D eigenvalue weighted by atomic mass is 10.2. The highest BCUT2D eigenvalue weighted by Gasteiger charge is 2.16. The maximum atomic E-state index is 11.7. The summed E-state index contributed by atoms with van der Waals surface area (Å²) < 4.78 is 8.75. The molecule has 0 amide bonds. The first-order valence-electron chi connectivity index (χ1n) is 5.05. The molecule has 92 valence electrons. The lowest BCUT2D eigenvalue weighted by Gasteiger charge is -2.02. The first kappa shape index (κ1) is 12.3. The van der Waals surface area contributed by atoms with Gasteiger partial charge in [-0.3, -0.25) is 0 Å². The van der Waals surface area contributed by atoms with Crippen molar-refractivity contribution in [2.75, 3.05) is 0 Å². The van der Waals surface area contributed by atoms with E-state index in [1.807, 2.05) is 13.0 Å². The van der Waals surface area contributed by atoms with Gasteiger partial charge in [-0.2, -0.15) is 4.37 Å². The second-order valence-electron chi connectivity index (χ2n) is 3.59. The molecule has 2 aromatic rings. The number of aryl methyl sites for hydroxylation is 1. The zero-order valence-electron chi connectivity index (χ0n) is 9.41. The number of ether oxygens (including phenoxy) is 1. The number of carboxylic acid groups (broad SMARTS) is 1. The van der Waals surface area contributed by atoms with Gasteiger partial charge in [-0.25, -0.2) is 9.59 Å². The van der Waals surface area contributed by atoms with E-state index in [1.54, 1.807) is 18.2 Å². The molecule has 0 fully saturated rings. The van der Waals surface area contributed by atoms with Crippen LogP contribution in [0, 0.1) is 6.92 Å². The summed E-state index contributed by atoms with van der Waals surface area (Å²) in [7, 11) is 0. The van der Waals surface area contributed by atoms with Crippen LogP contribution < -0.4 is 4.74 Å². The number of rotatable bonds is 3. The van der Waals surface area contributed by atoms with Gasteiger partial charge in [-0.15, -0.1) is 0 Å². The Kier molecular flexibility index (Phi) is 3.38. The van der Waals surface area contributed by atoms with Crippen molar-refractivity contribution in [1.29, 1.82) is 0 Å². The van der Waals surface area contributed by atoms with E-state index in [0.717, 1.165) is 17.1 Å². The van der Waals surface area contributed by atoms with Gasteiger partial charge < -0.3 is 9.84 Å². The third-order valence-corrected chi connectivity index (χ3v) is 2.90. The number of hydrogen-bond donors (Lipinski definition) is 1. The van der Waals surface area contributed by atoms with Crippen molar-refractivity contribution in [2.45, 2.75) is 6.92 Å². The van der Waals surface area contributed by atoms with Crippen LogP contribution in [-0.4, -0.2) is 21.4 Å². The van der Waals surface area contributed by atoms with E-state index in [-0.39, 0.29) is 10.6 Å². The van der Waals surface area contributed by atoms with E-state index in [0.29, 0.717) is 5.75 Å². The molecule has 0 saturated heterocycles. The molecule has 0 aliphatic rings. The molecule has 1 N–H and O–H groups in total. The topological polar surface area (TPSA) is 76.5 Å². The van der Waals surface area contributed by atoms with Crippen LogP contribution in [0.4, 0.5) is 0 Å². The van der Waals surface area contributed by atoms with Crippen molar-refractivity contribution in [3.05, 3.63) is 46.5 Å². The van der Waals surface area contributed by atoms with Crippen LogP contribution in [-0.2, 0) is 0 Å². The van der Waals surface area contributed by atoms with Gasteiger partial charge in [0.25, 0.3) is 0 Å². The van der Waals surface area contributed by atoms with Crippen LogP contribution in [0.2, 0.25) is 0 Å². The average molecular weight is 263 g/mol. The molecule has 1 heterocycles. The zero-order valence-corrected chi connectivity index (χ0v) is 10.2. The second-order valence-corrected chi connectivity index (χ2v) is 4.39. The Labute approximate surface area is 107 Å². The molecule has 2 rings (SSSR count). The Hall–Kier alpha value is -2.21. The van der Waals surface area contributed by atoms with E-state index in [9.17, 15) is 9.59 Å². The fraction of sp³-hybridized carbons (Fsp3) is 0.0833. The summed E-state index contributed by atoms with van der Waals surface area (Å²) >= 11 is 0.804. The van der Waals surface area contributed by atoms with Crippen molar-refractivity contribution >= 4 is 23.5 Å². The van der Waals surface area contributed by atoms with Gasteiger partial charge in [0.2, 0.25) is 0 Å². The number of carboxylic acids is 1. The summed E-state index contributed by atoms with van der Waals surface area (Å²) in [6, 6.07) is 8.23. The van der Waals surface area contributed by atoms with Gasteiger partial charge in [-0.05, 0) is 42.2 Å². The van der Waals surface area contributed by atoms with Gasteiger partial charge in [0.1, 0.15) is 10.6 Å². The minimum Gasteiger partial charge on any atom is -0.476 e. The van der Waals surface area contributed by atoms with Gasteiger partial charge in [-0.1, -0.05) is 12.1 Å². The minimum atomic E-state index is -1.17. The molecule has 0 aliphatic heterocycles. The second kappa shape index (κ2) is 4.97. The van der Waals surface area contributed by atoms with Gasteiger partial charge in [0.15, 0.2) is 5.69 Å². The Morgan fingerprint density at radius 2 is 2.11 bits per heavy atom. The number of carbonyl (C=O) groups is 2. The Bertz CT molecular complexity index is 606. The van der Waals surface area contributed by atoms with Crippen LogP contribution in [0.5, 0.6) is 5.75 Å². The monoisotopic (exact) mass is 263 g/mol. The van der Waals surface area contributed by atoms with Crippen LogP contribution in [0.1, 0.15) is 25.7 Å². The molecule has 18 heavy (non-hydrogen) atoms. The molecule has 5 nitrogen and oxygen atoms in total. The quantitative estimate of drug-likeness (QED) is 0.679. The van der Waals surface area contributed by atoms with Gasteiger partial charge >= 0.3 is 11.9 Å². The van der Waals surface area contributed by atoms with Crippen LogP contribution in [0.3, 0.4) is 0 Å². The van der Waals surface area contributed by atoms with Crippen molar-refractivity contribution in [2.24, 2.45) is 0 Å². The van der Waals surface area contributed by atoms with Gasteiger partial charge in [0, 0.05) is 0 Å². The molecule has 0 radical (unpaired) electrons. The van der Waals surface area contributed by atoms with E-state index < -0.39 is 11.9 Å². The van der Waals surface area contributed by atoms with Crippen LogP contribution in [0.15, 0.2) is 30.3 Å². The number of carbonyl (C=O) groups excluding carboxylic acids is 1. The SMILES string of the molecule is Cc1cccc(OC(=O)c2cc(C(=O)O)ns2)c1. The molecule has 6 heteroatoms. The molecule has 0 bridgehead atoms. The van der Waals surface area contributed by atoms with Crippen molar-refractivity contribution in [3.63, 3.8) is 0 Å². The smallest absolute Gasteiger partial charge is 0.355 e. The highest BCUT2D eigenvalue weighted by molar-refractivity contribution is 7.08. The van der Waals surface area contributed by atoms with Gasteiger partial charge in [0.05, 0.1) is 0 Å². The highest BCUT2D eigenvalue weighted by atomic mass is 32.1. The number of esters is 1. The normalized spacial score (nSPS) is 10.1. The molecule has 1 aromatic carbocycles. The molecule has 0 spiro atoms. The lowest BCUT2D eigenvalue weighted by molar-refractivity contribution is 0.0691. The highest BCUT2D eigenvalue weighted by Crippen LogP contribution is 2.17.